The van der Waals surface area contributed by atoms with Gasteiger partial charge in [0.05, 0.1) is 0 Å². The molecule has 0 aromatic carbocycles. The van der Waals surface area contributed by atoms with Crippen LogP contribution in [0, 0.1) is 24.7 Å². The van der Waals surface area contributed by atoms with E-state index in [-0.39, 0.29) is 0 Å². The van der Waals surface area contributed by atoms with Gasteiger partial charge in [0, 0.05) is 12.3 Å². The molecule has 0 aliphatic rings. The molecule has 0 aromatic rings. The average molecular weight is 221 g/mol. The molecular weight excluding hydrogens is 192 g/mol. The molecule has 0 atom stereocenters. The third kappa shape index (κ3) is 13.6. The topological polar surface area (TPSA) is 0 Å². The lowest BCUT2D eigenvalue weighted by Gasteiger charge is -2.00. The first kappa shape index (κ1) is 15.6. The lowest BCUT2D eigenvalue weighted by Crippen LogP contribution is -1.81. The molecule has 0 heteroatoms. The average Bonchev–Trinajstić information content (AvgIpc) is 2.25. The Morgan fingerprint density at radius 2 is 1.31 bits per heavy atom. The number of unbranched alkanes of at least 4 members (excludes halogenated alkanes) is 9. The van der Waals surface area contributed by atoms with Gasteiger partial charge < -0.3 is 0 Å². The Balaban J connectivity index is 3.02. The van der Waals surface area contributed by atoms with Crippen LogP contribution < -0.4 is 0 Å². The van der Waals surface area contributed by atoms with Crippen LogP contribution in [0.5, 0.6) is 0 Å². The molecular formula is C16H29. The Labute approximate surface area is 103 Å². The maximum Gasteiger partial charge on any atom is 0.0146 e. The minimum atomic E-state index is 0.535. The fourth-order valence-electron chi connectivity index (χ4n) is 1.73. The first-order valence-corrected chi connectivity index (χ1v) is 7.05. The van der Waals surface area contributed by atoms with Crippen LogP contribution in [0.4, 0.5) is 0 Å². The highest BCUT2D eigenvalue weighted by molar-refractivity contribution is 5.00. The first-order chi connectivity index (χ1) is 7.77. The molecule has 0 aromatic heterocycles. The zero-order chi connectivity index (χ0) is 12.1. The van der Waals surface area contributed by atoms with Crippen molar-refractivity contribution in [2.45, 2.75) is 78.1 Å². The largest absolute Gasteiger partial charge is 0.103 e. The van der Waals surface area contributed by atoms with E-state index in [1.165, 1.54) is 51.4 Å². The van der Waals surface area contributed by atoms with Crippen molar-refractivity contribution in [1.29, 1.82) is 0 Å². The fourth-order valence-corrected chi connectivity index (χ4v) is 1.73. The predicted octanol–water partition coefficient (Wildman–Crippen LogP) is 5.38. The number of hydrogen-bond acceptors (Lipinski definition) is 0. The highest BCUT2D eigenvalue weighted by Crippen LogP contribution is 2.10. The molecule has 93 valence electrons. The van der Waals surface area contributed by atoms with E-state index >= 15 is 0 Å². The summed E-state index contributed by atoms with van der Waals surface area (Å²) in [6, 6.07) is 0. The highest BCUT2D eigenvalue weighted by Gasteiger charge is 1.91. The van der Waals surface area contributed by atoms with Crippen LogP contribution in [0.1, 0.15) is 78.1 Å². The molecule has 0 saturated carbocycles. The van der Waals surface area contributed by atoms with Crippen LogP contribution in [0.3, 0.4) is 0 Å². The monoisotopic (exact) mass is 221 g/mol. The van der Waals surface area contributed by atoms with E-state index in [0.29, 0.717) is 5.92 Å². The summed E-state index contributed by atoms with van der Waals surface area (Å²) in [7, 11) is 0. The summed E-state index contributed by atoms with van der Waals surface area (Å²) in [5.41, 5.74) is 0. The van der Waals surface area contributed by atoms with E-state index in [9.17, 15) is 0 Å². The van der Waals surface area contributed by atoms with Crippen molar-refractivity contribution in [1.82, 2.24) is 0 Å². The second-order valence-electron chi connectivity index (χ2n) is 4.91. The van der Waals surface area contributed by atoms with Gasteiger partial charge in [0.2, 0.25) is 0 Å². The minimum absolute atomic E-state index is 0.535. The summed E-state index contributed by atoms with van der Waals surface area (Å²) in [6.07, 6.45) is 13.2. The summed E-state index contributed by atoms with van der Waals surface area (Å²) in [4.78, 5) is 0. The van der Waals surface area contributed by atoms with Crippen molar-refractivity contribution >= 4 is 0 Å². The van der Waals surface area contributed by atoms with Gasteiger partial charge in [0.1, 0.15) is 0 Å². The molecule has 0 unspecified atom stereocenters. The van der Waals surface area contributed by atoms with Gasteiger partial charge in [-0.1, -0.05) is 72.1 Å². The first-order valence-electron chi connectivity index (χ1n) is 7.05. The van der Waals surface area contributed by atoms with Crippen LogP contribution in [0.25, 0.3) is 0 Å². The van der Waals surface area contributed by atoms with E-state index in [1.54, 1.807) is 0 Å². The third-order valence-corrected chi connectivity index (χ3v) is 2.69. The van der Waals surface area contributed by atoms with Gasteiger partial charge in [0.15, 0.2) is 0 Å². The van der Waals surface area contributed by atoms with Crippen LogP contribution >= 0.6 is 0 Å². The second-order valence-corrected chi connectivity index (χ2v) is 4.91. The SMILES string of the molecule is [CH2]CCCCCCCCCCC#CC(C)C. The maximum absolute atomic E-state index is 3.86. The van der Waals surface area contributed by atoms with E-state index in [0.717, 1.165) is 12.8 Å². The van der Waals surface area contributed by atoms with Crippen molar-refractivity contribution < 1.29 is 0 Å². The molecule has 0 spiro atoms. The van der Waals surface area contributed by atoms with Gasteiger partial charge >= 0.3 is 0 Å². The molecule has 0 nitrogen and oxygen atoms in total. The summed E-state index contributed by atoms with van der Waals surface area (Å²) < 4.78 is 0. The van der Waals surface area contributed by atoms with Crippen LogP contribution in [0.2, 0.25) is 0 Å². The van der Waals surface area contributed by atoms with Crippen molar-refractivity contribution in [2.75, 3.05) is 0 Å². The molecule has 0 heterocycles. The summed E-state index contributed by atoms with van der Waals surface area (Å²) in [5.74, 6) is 7.00. The van der Waals surface area contributed by atoms with Crippen molar-refractivity contribution in [3.05, 3.63) is 6.92 Å². The van der Waals surface area contributed by atoms with Crippen LogP contribution in [-0.2, 0) is 0 Å². The van der Waals surface area contributed by atoms with Gasteiger partial charge in [-0.05, 0) is 6.42 Å². The molecule has 0 aliphatic carbocycles. The van der Waals surface area contributed by atoms with E-state index < -0.39 is 0 Å². The summed E-state index contributed by atoms with van der Waals surface area (Å²) >= 11 is 0. The quantitative estimate of drug-likeness (QED) is 0.362. The van der Waals surface area contributed by atoms with Gasteiger partial charge in [-0.3, -0.25) is 0 Å². The molecule has 0 amide bonds. The zero-order valence-corrected chi connectivity index (χ0v) is 11.4. The second kappa shape index (κ2) is 12.6. The molecule has 1 radical (unpaired) electrons. The minimum Gasteiger partial charge on any atom is -0.103 e. The van der Waals surface area contributed by atoms with E-state index in [2.05, 4.69) is 32.6 Å². The molecule has 0 saturated heterocycles. The zero-order valence-electron chi connectivity index (χ0n) is 11.4. The van der Waals surface area contributed by atoms with Crippen molar-refractivity contribution in [3.8, 4) is 11.8 Å². The number of hydrogen-bond donors (Lipinski definition) is 0. The number of rotatable bonds is 9. The maximum atomic E-state index is 3.86. The standard InChI is InChI=1S/C16H29/c1-4-5-6-7-8-9-10-11-12-13-14-15-16(2)3/h16H,1,4-13H2,2-3H3. The van der Waals surface area contributed by atoms with Gasteiger partial charge in [-0.25, -0.2) is 0 Å². The van der Waals surface area contributed by atoms with E-state index in [4.69, 9.17) is 0 Å². The lowest BCUT2D eigenvalue weighted by molar-refractivity contribution is 0.572. The Morgan fingerprint density at radius 3 is 1.81 bits per heavy atom. The predicted molar refractivity (Wildman–Crippen MR) is 74.1 cm³/mol. The third-order valence-electron chi connectivity index (χ3n) is 2.69. The molecule has 0 fully saturated rings. The van der Waals surface area contributed by atoms with Gasteiger partial charge in [0.25, 0.3) is 0 Å². The smallest absolute Gasteiger partial charge is 0.0146 e. The molecule has 0 rings (SSSR count). The molecule has 0 aliphatic heterocycles. The highest BCUT2D eigenvalue weighted by atomic mass is 14.0. The van der Waals surface area contributed by atoms with Crippen molar-refractivity contribution in [3.63, 3.8) is 0 Å². The summed E-state index contributed by atoms with van der Waals surface area (Å²) in [5, 5.41) is 0. The Morgan fingerprint density at radius 1 is 0.812 bits per heavy atom. The van der Waals surface area contributed by atoms with Crippen LogP contribution in [-0.4, -0.2) is 0 Å². The normalized spacial score (nSPS) is 10.2. The lowest BCUT2D eigenvalue weighted by atomic mass is 10.1. The molecule has 16 heavy (non-hydrogen) atoms. The Hall–Kier alpha value is -0.440. The molecule has 0 N–H and O–H groups in total. The van der Waals surface area contributed by atoms with E-state index in [1.807, 2.05) is 0 Å². The fraction of sp³-hybridized carbons (Fsp3) is 0.812. The van der Waals surface area contributed by atoms with Crippen LogP contribution in [0.15, 0.2) is 0 Å². The Bertz CT molecular complexity index is 180. The van der Waals surface area contributed by atoms with Gasteiger partial charge in [-0.2, -0.15) is 0 Å². The van der Waals surface area contributed by atoms with Crippen molar-refractivity contribution in [2.24, 2.45) is 5.92 Å². The van der Waals surface area contributed by atoms with Gasteiger partial charge in [-0.15, -0.1) is 11.8 Å². The Kier molecular flexibility index (Phi) is 12.3. The molecule has 0 bridgehead atoms. The summed E-state index contributed by atoms with van der Waals surface area (Å²) in [6.45, 7) is 8.16.